The van der Waals surface area contributed by atoms with Gasteiger partial charge in [-0.2, -0.15) is 0 Å². The third-order valence-corrected chi connectivity index (χ3v) is 7.37. The number of likely N-dealkylation sites (N-methyl/N-ethyl adjacent to an activating group) is 1. The monoisotopic (exact) mass is 475 g/mol. The van der Waals surface area contributed by atoms with E-state index in [-0.39, 0.29) is 5.91 Å². The van der Waals surface area contributed by atoms with E-state index in [1.54, 1.807) is 22.7 Å². The van der Waals surface area contributed by atoms with E-state index in [9.17, 15) is 4.79 Å². The Balaban J connectivity index is 1.63. The predicted molar refractivity (Wildman–Crippen MR) is 130 cm³/mol. The van der Waals surface area contributed by atoms with E-state index < -0.39 is 0 Å². The number of para-hydroxylation sites is 1. The molecule has 4 nitrogen and oxygen atoms in total. The van der Waals surface area contributed by atoms with Gasteiger partial charge in [-0.05, 0) is 68.1 Å². The largest absolute Gasteiger partial charge is 0.335 e. The lowest BCUT2D eigenvalue weighted by Crippen LogP contribution is -2.28. The van der Waals surface area contributed by atoms with Crippen LogP contribution in [0.3, 0.4) is 0 Å². The summed E-state index contributed by atoms with van der Waals surface area (Å²) in [4.78, 5) is 23.2. The van der Waals surface area contributed by atoms with E-state index in [4.69, 9.17) is 23.2 Å². The highest BCUT2D eigenvalue weighted by Crippen LogP contribution is 2.47. The third-order valence-electron chi connectivity index (χ3n) is 4.66. The van der Waals surface area contributed by atoms with Gasteiger partial charge < -0.3 is 4.90 Å². The summed E-state index contributed by atoms with van der Waals surface area (Å²) in [6.45, 7) is 5.40. The van der Waals surface area contributed by atoms with Gasteiger partial charge in [-0.15, -0.1) is 0 Å². The number of amides is 1. The lowest BCUT2D eigenvalue weighted by Gasteiger charge is -2.17. The molecule has 1 amide bonds. The Morgan fingerprint density at radius 1 is 1.00 bits per heavy atom. The van der Waals surface area contributed by atoms with Gasteiger partial charge in [0.05, 0.1) is 26.3 Å². The molecule has 0 atom stereocenters. The van der Waals surface area contributed by atoms with E-state index in [0.717, 1.165) is 22.2 Å². The first-order chi connectivity index (χ1) is 14.5. The maximum atomic E-state index is 12.9. The Morgan fingerprint density at radius 2 is 1.77 bits per heavy atom. The van der Waals surface area contributed by atoms with Gasteiger partial charge in [0.1, 0.15) is 0 Å². The number of amidine groups is 1. The Kier molecular flexibility index (Phi) is 6.48. The van der Waals surface area contributed by atoms with Crippen molar-refractivity contribution >= 4 is 69.2 Å². The fourth-order valence-corrected chi connectivity index (χ4v) is 5.65. The SMILES string of the molecule is CCN1C(=O)/C(=C\C=C2\Sc3ccc(Cl)cc3N2CC)SC1=Nc1ccccc1Cl. The van der Waals surface area contributed by atoms with Crippen LogP contribution in [0.5, 0.6) is 0 Å². The second kappa shape index (κ2) is 9.10. The average Bonchev–Trinajstić information content (AvgIpc) is 3.23. The summed E-state index contributed by atoms with van der Waals surface area (Å²) in [6.07, 6.45) is 3.87. The maximum Gasteiger partial charge on any atom is 0.266 e. The third kappa shape index (κ3) is 4.14. The highest BCUT2D eigenvalue weighted by Gasteiger charge is 2.32. The predicted octanol–water partition coefficient (Wildman–Crippen LogP) is 6.93. The molecule has 154 valence electrons. The number of allylic oxidation sites excluding steroid dienone is 2. The summed E-state index contributed by atoms with van der Waals surface area (Å²) < 4.78 is 0. The van der Waals surface area contributed by atoms with Crippen molar-refractivity contribution in [1.82, 2.24) is 4.90 Å². The van der Waals surface area contributed by atoms with E-state index in [2.05, 4.69) is 16.8 Å². The van der Waals surface area contributed by atoms with Gasteiger partial charge in [-0.1, -0.05) is 47.1 Å². The highest BCUT2D eigenvalue weighted by molar-refractivity contribution is 8.18. The van der Waals surface area contributed by atoms with E-state index in [0.29, 0.717) is 32.4 Å². The van der Waals surface area contributed by atoms with Gasteiger partial charge in [-0.3, -0.25) is 9.69 Å². The second-order valence-electron chi connectivity index (χ2n) is 6.49. The number of carbonyl (C=O) groups excluding carboxylic acids is 1. The number of hydrogen-bond donors (Lipinski definition) is 0. The van der Waals surface area contributed by atoms with Gasteiger partial charge in [0, 0.05) is 23.0 Å². The highest BCUT2D eigenvalue weighted by atomic mass is 35.5. The number of rotatable bonds is 4. The van der Waals surface area contributed by atoms with Gasteiger partial charge in [-0.25, -0.2) is 4.99 Å². The number of nitrogens with zero attached hydrogens (tertiary/aromatic N) is 3. The first-order valence-electron chi connectivity index (χ1n) is 9.51. The quantitative estimate of drug-likeness (QED) is 0.448. The minimum atomic E-state index is -0.0447. The second-order valence-corrected chi connectivity index (χ2v) is 9.41. The van der Waals surface area contributed by atoms with E-state index in [1.807, 2.05) is 55.5 Å². The molecule has 0 N–H and O–H groups in total. The molecular formula is C22H19Cl2N3OS2. The molecule has 0 aliphatic carbocycles. The number of benzene rings is 2. The van der Waals surface area contributed by atoms with Gasteiger partial charge in [0.2, 0.25) is 0 Å². The topological polar surface area (TPSA) is 35.9 Å². The number of anilines is 1. The summed E-state index contributed by atoms with van der Waals surface area (Å²) in [5, 5.41) is 2.98. The molecule has 0 aromatic heterocycles. The molecule has 2 aromatic rings. The van der Waals surface area contributed by atoms with Crippen LogP contribution in [0.15, 0.2) is 74.4 Å². The molecule has 0 bridgehead atoms. The Morgan fingerprint density at radius 3 is 2.50 bits per heavy atom. The van der Waals surface area contributed by atoms with Crippen LogP contribution in [-0.4, -0.2) is 29.1 Å². The van der Waals surface area contributed by atoms with Crippen LogP contribution in [0.2, 0.25) is 10.0 Å². The minimum absolute atomic E-state index is 0.0447. The van der Waals surface area contributed by atoms with Crippen LogP contribution < -0.4 is 4.90 Å². The molecule has 0 saturated carbocycles. The zero-order valence-corrected chi connectivity index (χ0v) is 19.6. The van der Waals surface area contributed by atoms with Crippen LogP contribution in [0, 0.1) is 0 Å². The number of thioether (sulfide) groups is 2. The van der Waals surface area contributed by atoms with Crippen LogP contribution in [0.4, 0.5) is 11.4 Å². The summed E-state index contributed by atoms with van der Waals surface area (Å²) in [7, 11) is 0. The van der Waals surface area contributed by atoms with Gasteiger partial charge in [0.15, 0.2) is 5.17 Å². The minimum Gasteiger partial charge on any atom is -0.335 e. The molecule has 1 saturated heterocycles. The van der Waals surface area contributed by atoms with Crippen LogP contribution in [0.25, 0.3) is 0 Å². The summed E-state index contributed by atoms with van der Waals surface area (Å²) >= 11 is 15.5. The molecule has 0 radical (unpaired) electrons. The average molecular weight is 476 g/mol. The van der Waals surface area contributed by atoms with Crippen molar-refractivity contribution in [1.29, 1.82) is 0 Å². The van der Waals surface area contributed by atoms with Crippen molar-refractivity contribution in [3.63, 3.8) is 0 Å². The van der Waals surface area contributed by atoms with Crippen molar-refractivity contribution in [3.05, 3.63) is 74.6 Å². The number of aliphatic imine (C=N–C) groups is 1. The Bertz CT molecular complexity index is 1100. The maximum absolute atomic E-state index is 12.9. The number of carbonyl (C=O) groups is 1. The number of hydrogen-bond acceptors (Lipinski definition) is 5. The zero-order valence-electron chi connectivity index (χ0n) is 16.4. The normalized spacial score (nSPS) is 20.1. The van der Waals surface area contributed by atoms with E-state index in [1.165, 1.54) is 11.8 Å². The molecule has 8 heteroatoms. The summed E-state index contributed by atoms with van der Waals surface area (Å²) in [5.74, 6) is -0.0447. The van der Waals surface area contributed by atoms with Crippen molar-refractivity contribution in [2.24, 2.45) is 4.99 Å². The smallest absolute Gasteiger partial charge is 0.266 e. The fourth-order valence-electron chi connectivity index (χ4n) is 3.20. The fraction of sp³-hybridized carbons (Fsp3) is 0.182. The number of fused-ring (bicyclic) bond motifs is 1. The molecule has 2 heterocycles. The van der Waals surface area contributed by atoms with Crippen molar-refractivity contribution < 1.29 is 4.79 Å². The van der Waals surface area contributed by atoms with Crippen molar-refractivity contribution in [2.75, 3.05) is 18.0 Å². The molecule has 30 heavy (non-hydrogen) atoms. The van der Waals surface area contributed by atoms with Crippen molar-refractivity contribution in [2.45, 2.75) is 18.7 Å². The molecule has 0 unspecified atom stereocenters. The molecule has 4 rings (SSSR count). The molecule has 0 spiro atoms. The summed E-state index contributed by atoms with van der Waals surface area (Å²) in [6, 6.07) is 13.3. The molecular weight excluding hydrogens is 457 g/mol. The molecule has 2 aliphatic heterocycles. The lowest BCUT2D eigenvalue weighted by molar-refractivity contribution is -0.122. The van der Waals surface area contributed by atoms with E-state index >= 15 is 0 Å². The van der Waals surface area contributed by atoms with Crippen LogP contribution in [0.1, 0.15) is 13.8 Å². The standard InChI is InChI=1S/C22H19Cl2N3OS2/c1-3-26-17-13-14(23)9-10-18(17)29-20(26)12-11-19-21(28)27(4-2)22(30-19)25-16-8-6-5-7-15(16)24/h5-13H,3-4H2,1-2H3/b19-11+,20-12+,25-22?. The Hall–Kier alpha value is -1.86. The summed E-state index contributed by atoms with van der Waals surface area (Å²) in [5.41, 5.74) is 1.75. The molecule has 2 aromatic carbocycles. The van der Waals surface area contributed by atoms with Crippen LogP contribution >= 0.6 is 46.7 Å². The Labute approximate surface area is 194 Å². The van der Waals surface area contributed by atoms with Gasteiger partial charge in [0.25, 0.3) is 5.91 Å². The zero-order chi connectivity index (χ0) is 21.3. The first kappa shape index (κ1) is 21.4. The molecule has 2 aliphatic rings. The van der Waals surface area contributed by atoms with Crippen molar-refractivity contribution in [3.8, 4) is 0 Å². The molecule has 1 fully saturated rings. The number of halogens is 2. The first-order valence-corrected chi connectivity index (χ1v) is 11.9. The lowest BCUT2D eigenvalue weighted by atomic mass is 10.3. The van der Waals surface area contributed by atoms with Crippen LogP contribution in [-0.2, 0) is 4.79 Å². The van der Waals surface area contributed by atoms with Gasteiger partial charge >= 0.3 is 0 Å².